The molecule has 1 heterocycles. The van der Waals surface area contributed by atoms with Crippen molar-refractivity contribution < 1.29 is 4.79 Å². The molecule has 1 aromatic heterocycles. The van der Waals surface area contributed by atoms with Crippen LogP contribution in [0.4, 0.5) is 5.69 Å². The fourth-order valence-electron chi connectivity index (χ4n) is 2.05. The first kappa shape index (κ1) is 16.3. The highest BCUT2D eigenvalue weighted by Crippen LogP contribution is 2.24. The van der Waals surface area contributed by atoms with Gasteiger partial charge in [0.2, 0.25) is 0 Å². The van der Waals surface area contributed by atoms with Crippen LogP contribution in [0.3, 0.4) is 0 Å². The van der Waals surface area contributed by atoms with Crippen LogP contribution >= 0.6 is 23.2 Å². The fourth-order valence-corrected chi connectivity index (χ4v) is 2.32. The number of nitrogens with zero attached hydrogens (tertiary/aromatic N) is 3. The highest BCUT2D eigenvalue weighted by Gasteiger charge is 2.22. The Balaban J connectivity index is 2.45. The third kappa shape index (κ3) is 3.38. The Morgan fingerprint density at radius 2 is 2.05 bits per heavy atom. The Morgan fingerprint density at radius 1 is 1.32 bits per heavy atom. The molecule has 1 aromatic carbocycles. The lowest BCUT2D eigenvalue weighted by Gasteiger charge is -2.27. The Hall–Kier alpha value is -2.09. The van der Waals surface area contributed by atoms with Gasteiger partial charge in [-0.3, -0.25) is 4.79 Å². The van der Waals surface area contributed by atoms with Gasteiger partial charge in [0.05, 0.1) is 22.2 Å². The molecule has 2 aromatic rings. The first-order valence-electron chi connectivity index (χ1n) is 6.59. The summed E-state index contributed by atoms with van der Waals surface area (Å²) in [6, 6.07) is 10.3. The average Bonchev–Trinajstić information content (AvgIpc) is 2.50. The van der Waals surface area contributed by atoms with Crippen LogP contribution in [0.25, 0.3) is 0 Å². The van der Waals surface area contributed by atoms with E-state index in [1.54, 1.807) is 29.2 Å². The van der Waals surface area contributed by atoms with Crippen molar-refractivity contribution in [1.82, 2.24) is 4.98 Å². The summed E-state index contributed by atoms with van der Waals surface area (Å²) in [5, 5.41) is 9.39. The van der Waals surface area contributed by atoms with Gasteiger partial charge in [0.1, 0.15) is 5.15 Å². The molecule has 6 heteroatoms. The molecule has 22 heavy (non-hydrogen) atoms. The number of aromatic nitrogens is 1. The normalized spacial score (nSPS) is 10.4. The lowest BCUT2D eigenvalue weighted by Crippen LogP contribution is -2.37. The van der Waals surface area contributed by atoms with Crippen molar-refractivity contribution in [3.05, 3.63) is 57.8 Å². The summed E-state index contributed by atoms with van der Waals surface area (Å²) < 4.78 is 0. The van der Waals surface area contributed by atoms with Gasteiger partial charge in [0.25, 0.3) is 5.91 Å². The molecule has 0 aliphatic rings. The number of pyridine rings is 1. The minimum Gasteiger partial charge on any atom is -0.306 e. The maximum Gasteiger partial charge on any atom is 0.260 e. The molecule has 0 aliphatic carbocycles. The van der Waals surface area contributed by atoms with E-state index in [0.29, 0.717) is 16.8 Å². The van der Waals surface area contributed by atoms with E-state index < -0.39 is 0 Å². The second-order valence-electron chi connectivity index (χ2n) is 4.93. The molecule has 0 aliphatic heterocycles. The molecule has 0 fully saturated rings. The smallest absolute Gasteiger partial charge is 0.260 e. The Morgan fingerprint density at radius 3 is 2.64 bits per heavy atom. The Bertz CT molecular complexity index is 753. The van der Waals surface area contributed by atoms with Crippen LogP contribution < -0.4 is 4.90 Å². The highest BCUT2D eigenvalue weighted by atomic mass is 35.5. The maximum absolute atomic E-state index is 12.8. The van der Waals surface area contributed by atoms with Crippen LogP contribution in [0.1, 0.15) is 29.8 Å². The van der Waals surface area contributed by atoms with Gasteiger partial charge in [-0.2, -0.15) is 5.26 Å². The van der Waals surface area contributed by atoms with Gasteiger partial charge in [0, 0.05) is 17.9 Å². The summed E-state index contributed by atoms with van der Waals surface area (Å²) in [4.78, 5) is 18.2. The number of carbonyl (C=O) groups is 1. The molecule has 0 atom stereocenters. The van der Waals surface area contributed by atoms with Crippen LogP contribution in [-0.2, 0) is 0 Å². The zero-order chi connectivity index (χ0) is 16.3. The average molecular weight is 334 g/mol. The third-order valence-corrected chi connectivity index (χ3v) is 3.72. The van der Waals surface area contributed by atoms with E-state index >= 15 is 0 Å². The summed E-state index contributed by atoms with van der Waals surface area (Å²) in [5.74, 6) is -0.254. The number of anilines is 1. The minimum absolute atomic E-state index is 0.101. The van der Waals surface area contributed by atoms with E-state index in [1.165, 1.54) is 12.3 Å². The third-order valence-electron chi connectivity index (χ3n) is 3.03. The van der Waals surface area contributed by atoms with Gasteiger partial charge >= 0.3 is 0 Å². The van der Waals surface area contributed by atoms with Crippen molar-refractivity contribution in [2.75, 3.05) is 4.90 Å². The molecule has 4 nitrogen and oxygen atoms in total. The number of halogens is 2. The quantitative estimate of drug-likeness (QED) is 0.786. The molecule has 2 rings (SSSR count). The molecule has 0 spiro atoms. The van der Waals surface area contributed by atoms with Gasteiger partial charge in [-0.15, -0.1) is 0 Å². The summed E-state index contributed by atoms with van der Waals surface area (Å²) in [5.41, 5.74) is 1.47. The van der Waals surface area contributed by atoms with Gasteiger partial charge in [-0.1, -0.05) is 29.3 Å². The first-order valence-corrected chi connectivity index (χ1v) is 7.34. The number of rotatable bonds is 3. The van der Waals surface area contributed by atoms with Crippen LogP contribution in [0.15, 0.2) is 36.5 Å². The molecule has 0 radical (unpaired) electrons. The number of carbonyl (C=O) groups excluding carboxylic acids is 1. The van der Waals surface area contributed by atoms with Crippen LogP contribution in [-0.4, -0.2) is 16.9 Å². The molecule has 1 amide bonds. The van der Waals surface area contributed by atoms with Crippen molar-refractivity contribution in [3.63, 3.8) is 0 Å². The van der Waals surface area contributed by atoms with Gasteiger partial charge in [0.15, 0.2) is 0 Å². The maximum atomic E-state index is 12.8. The standard InChI is InChI=1S/C16H13Cl2N3O/c1-10(2)21(13-5-3-4-11(6-13)8-19)16(22)12-7-14(17)15(18)20-9-12/h3-7,9-10H,1-2H3. The summed E-state index contributed by atoms with van der Waals surface area (Å²) >= 11 is 11.7. The number of hydrogen-bond donors (Lipinski definition) is 0. The lowest BCUT2D eigenvalue weighted by atomic mass is 10.1. The van der Waals surface area contributed by atoms with E-state index in [4.69, 9.17) is 28.5 Å². The largest absolute Gasteiger partial charge is 0.306 e. The predicted octanol–water partition coefficient (Wildman–Crippen LogP) is 4.32. The van der Waals surface area contributed by atoms with Crippen LogP contribution in [0, 0.1) is 11.3 Å². The highest BCUT2D eigenvalue weighted by molar-refractivity contribution is 6.41. The van der Waals surface area contributed by atoms with Crippen LogP contribution in [0.2, 0.25) is 10.2 Å². The fraction of sp³-hybridized carbons (Fsp3) is 0.188. The molecule has 0 N–H and O–H groups in total. The molecule has 0 bridgehead atoms. The molecule has 112 valence electrons. The monoisotopic (exact) mass is 333 g/mol. The van der Waals surface area contributed by atoms with Crippen molar-refractivity contribution >= 4 is 34.8 Å². The SMILES string of the molecule is CC(C)N(C(=O)c1cnc(Cl)c(Cl)c1)c1cccc(C#N)c1. The molecular weight excluding hydrogens is 321 g/mol. The van der Waals surface area contributed by atoms with Crippen molar-refractivity contribution in [2.24, 2.45) is 0 Å². The zero-order valence-corrected chi connectivity index (χ0v) is 13.6. The first-order chi connectivity index (χ1) is 10.4. The molecule has 0 saturated carbocycles. The topological polar surface area (TPSA) is 57.0 Å². The van der Waals surface area contributed by atoms with E-state index in [9.17, 15) is 4.79 Å². The summed E-state index contributed by atoms with van der Waals surface area (Å²) in [6.07, 6.45) is 1.39. The van der Waals surface area contributed by atoms with Crippen LogP contribution in [0.5, 0.6) is 0 Å². The van der Waals surface area contributed by atoms with E-state index in [0.717, 1.165) is 0 Å². The second-order valence-corrected chi connectivity index (χ2v) is 5.69. The zero-order valence-electron chi connectivity index (χ0n) is 12.0. The summed E-state index contributed by atoms with van der Waals surface area (Å²) in [7, 11) is 0. The summed E-state index contributed by atoms with van der Waals surface area (Å²) in [6.45, 7) is 3.78. The van der Waals surface area contributed by atoms with Crippen molar-refractivity contribution in [2.45, 2.75) is 19.9 Å². The number of nitriles is 1. The van der Waals surface area contributed by atoms with E-state index in [2.05, 4.69) is 11.1 Å². The van der Waals surface area contributed by atoms with Gasteiger partial charge in [-0.05, 0) is 38.1 Å². The predicted molar refractivity (Wildman–Crippen MR) is 87.4 cm³/mol. The van der Waals surface area contributed by atoms with Crippen molar-refractivity contribution in [3.8, 4) is 6.07 Å². The van der Waals surface area contributed by atoms with Gasteiger partial charge in [-0.25, -0.2) is 4.98 Å². The Kier molecular flexibility index (Phi) is 5.02. The number of benzene rings is 1. The van der Waals surface area contributed by atoms with E-state index in [1.807, 2.05) is 13.8 Å². The van der Waals surface area contributed by atoms with E-state index in [-0.39, 0.29) is 22.1 Å². The molecule has 0 saturated heterocycles. The molecule has 0 unspecified atom stereocenters. The number of amides is 1. The molecular formula is C16H13Cl2N3O. The minimum atomic E-state index is -0.254. The number of hydrogen-bond acceptors (Lipinski definition) is 3. The lowest BCUT2D eigenvalue weighted by molar-refractivity contribution is 0.0980. The second kappa shape index (κ2) is 6.78. The Labute approximate surface area is 138 Å². The van der Waals surface area contributed by atoms with Gasteiger partial charge < -0.3 is 4.90 Å². The van der Waals surface area contributed by atoms with Crippen molar-refractivity contribution in [1.29, 1.82) is 5.26 Å².